The van der Waals surface area contributed by atoms with Gasteiger partial charge in [0.1, 0.15) is 5.69 Å². The minimum absolute atomic E-state index is 0.112. The van der Waals surface area contributed by atoms with E-state index in [4.69, 9.17) is 9.84 Å². The minimum Gasteiger partial charge on any atom is -0.478 e. The van der Waals surface area contributed by atoms with E-state index in [1.165, 1.54) is 6.07 Å². The van der Waals surface area contributed by atoms with Gasteiger partial charge in [-0.1, -0.05) is 0 Å². The zero-order valence-corrected chi connectivity index (χ0v) is 8.99. The van der Waals surface area contributed by atoms with E-state index in [9.17, 15) is 18.0 Å². The van der Waals surface area contributed by atoms with Crippen molar-refractivity contribution in [3.05, 3.63) is 29.5 Å². The van der Waals surface area contributed by atoms with Gasteiger partial charge in [-0.15, -0.1) is 0 Å². The summed E-state index contributed by atoms with van der Waals surface area (Å²) in [6.07, 6.45) is -3.27. The fraction of sp³-hybridized carbons (Fsp3) is 0.273. The molecule has 0 amide bonds. The number of carbonyl (C=O) groups is 1. The molecule has 1 N–H and O–H groups in total. The van der Waals surface area contributed by atoms with Crippen LogP contribution in [0.15, 0.2) is 18.2 Å². The number of hydrogen-bond donors (Lipinski definition) is 1. The second kappa shape index (κ2) is 4.32. The standard InChI is InChI=1S/C11H8F3NO3/c12-11(13,14)8-2-1-7-6(5-9(16)17)3-4-18-10(7)15-8/h1-2,5H,3-4H2,(H,16,17). The molecule has 0 aromatic carbocycles. The number of fused-ring (bicyclic) bond motifs is 1. The highest BCUT2D eigenvalue weighted by Gasteiger charge is 2.34. The van der Waals surface area contributed by atoms with Crippen molar-refractivity contribution in [1.82, 2.24) is 4.98 Å². The SMILES string of the molecule is O=C(O)C=C1CCOc2nc(C(F)(F)F)ccc21. The Hall–Kier alpha value is -2.05. The molecule has 1 aliphatic heterocycles. The normalized spacial score (nSPS) is 17.2. The van der Waals surface area contributed by atoms with Gasteiger partial charge in [0.25, 0.3) is 0 Å². The van der Waals surface area contributed by atoms with E-state index in [0.29, 0.717) is 12.0 Å². The molecule has 0 radical (unpaired) electrons. The van der Waals surface area contributed by atoms with Gasteiger partial charge in [0, 0.05) is 18.1 Å². The molecule has 2 heterocycles. The molecule has 0 atom stereocenters. The summed E-state index contributed by atoms with van der Waals surface area (Å²) in [6, 6.07) is 1.99. The highest BCUT2D eigenvalue weighted by Crippen LogP contribution is 2.35. The molecule has 1 aromatic heterocycles. The zero-order chi connectivity index (χ0) is 13.3. The number of aliphatic carboxylic acids is 1. The van der Waals surface area contributed by atoms with Gasteiger partial charge in [-0.2, -0.15) is 13.2 Å². The van der Waals surface area contributed by atoms with Gasteiger partial charge in [-0.3, -0.25) is 0 Å². The number of nitrogens with zero attached hydrogens (tertiary/aromatic N) is 1. The Morgan fingerprint density at radius 2 is 2.17 bits per heavy atom. The average molecular weight is 259 g/mol. The van der Waals surface area contributed by atoms with Crippen LogP contribution in [0.3, 0.4) is 0 Å². The smallest absolute Gasteiger partial charge is 0.433 e. The summed E-state index contributed by atoms with van der Waals surface area (Å²) in [5.41, 5.74) is -0.362. The van der Waals surface area contributed by atoms with E-state index in [-0.39, 0.29) is 18.1 Å². The molecular formula is C11H8F3NO3. The van der Waals surface area contributed by atoms with Gasteiger partial charge in [-0.05, 0) is 17.7 Å². The lowest BCUT2D eigenvalue weighted by atomic mass is 10.0. The monoisotopic (exact) mass is 259 g/mol. The number of alkyl halides is 3. The number of rotatable bonds is 1. The van der Waals surface area contributed by atoms with Crippen molar-refractivity contribution < 1.29 is 27.8 Å². The number of carboxylic acid groups (broad SMARTS) is 1. The van der Waals surface area contributed by atoms with Crippen LogP contribution in [-0.2, 0) is 11.0 Å². The minimum atomic E-state index is -4.55. The number of aromatic nitrogens is 1. The first-order valence-corrected chi connectivity index (χ1v) is 5.03. The van der Waals surface area contributed by atoms with E-state index in [0.717, 1.165) is 12.1 Å². The van der Waals surface area contributed by atoms with Crippen molar-refractivity contribution >= 4 is 11.5 Å². The van der Waals surface area contributed by atoms with Crippen LogP contribution < -0.4 is 4.74 Å². The van der Waals surface area contributed by atoms with Crippen LogP contribution in [0.4, 0.5) is 13.2 Å². The number of pyridine rings is 1. The van der Waals surface area contributed by atoms with Gasteiger partial charge in [-0.25, -0.2) is 9.78 Å². The molecule has 2 rings (SSSR count). The summed E-state index contributed by atoms with van der Waals surface area (Å²) in [6.45, 7) is 0.112. The van der Waals surface area contributed by atoms with Crippen LogP contribution in [0.2, 0.25) is 0 Å². The number of ether oxygens (including phenoxy) is 1. The summed E-state index contributed by atoms with van der Waals surface area (Å²) in [4.78, 5) is 13.9. The highest BCUT2D eigenvalue weighted by atomic mass is 19.4. The van der Waals surface area contributed by atoms with E-state index in [1.807, 2.05) is 0 Å². The first kappa shape index (κ1) is 12.4. The largest absolute Gasteiger partial charge is 0.478 e. The summed E-state index contributed by atoms with van der Waals surface area (Å²) in [5.74, 6) is -1.33. The summed E-state index contributed by atoms with van der Waals surface area (Å²) in [7, 11) is 0. The van der Waals surface area contributed by atoms with Crippen LogP contribution in [-0.4, -0.2) is 22.7 Å². The van der Waals surface area contributed by atoms with Crippen molar-refractivity contribution in [3.63, 3.8) is 0 Å². The molecule has 0 bridgehead atoms. The van der Waals surface area contributed by atoms with Gasteiger partial charge in [0.2, 0.25) is 5.88 Å². The van der Waals surface area contributed by atoms with Crippen molar-refractivity contribution in [3.8, 4) is 5.88 Å². The fourth-order valence-corrected chi connectivity index (χ4v) is 1.64. The predicted octanol–water partition coefficient (Wildman–Crippen LogP) is 2.35. The van der Waals surface area contributed by atoms with Gasteiger partial charge in [0.15, 0.2) is 0 Å². The van der Waals surface area contributed by atoms with Crippen LogP contribution >= 0.6 is 0 Å². The van der Waals surface area contributed by atoms with E-state index in [2.05, 4.69) is 4.98 Å². The molecule has 0 spiro atoms. The molecule has 1 aliphatic rings. The van der Waals surface area contributed by atoms with Crippen LogP contribution in [0.1, 0.15) is 17.7 Å². The quantitative estimate of drug-likeness (QED) is 0.786. The third kappa shape index (κ3) is 2.44. The third-order valence-corrected chi connectivity index (χ3v) is 2.40. The molecule has 0 fully saturated rings. The van der Waals surface area contributed by atoms with Crippen molar-refractivity contribution in [2.75, 3.05) is 6.61 Å². The maximum absolute atomic E-state index is 12.4. The number of carboxylic acids is 1. The molecule has 0 saturated heterocycles. The number of halogens is 3. The van der Waals surface area contributed by atoms with E-state index in [1.54, 1.807) is 0 Å². The second-order valence-electron chi connectivity index (χ2n) is 3.65. The number of hydrogen-bond acceptors (Lipinski definition) is 3. The Labute approximate surface area is 99.7 Å². The Morgan fingerprint density at radius 1 is 1.44 bits per heavy atom. The Kier molecular flexibility index (Phi) is 2.98. The second-order valence-corrected chi connectivity index (χ2v) is 3.65. The topological polar surface area (TPSA) is 59.4 Å². The highest BCUT2D eigenvalue weighted by molar-refractivity contribution is 5.91. The van der Waals surface area contributed by atoms with E-state index >= 15 is 0 Å². The van der Waals surface area contributed by atoms with Crippen LogP contribution in [0, 0.1) is 0 Å². The Morgan fingerprint density at radius 3 is 2.78 bits per heavy atom. The molecule has 0 aliphatic carbocycles. The lowest BCUT2D eigenvalue weighted by Gasteiger charge is -2.19. The molecule has 1 aromatic rings. The van der Waals surface area contributed by atoms with Crippen molar-refractivity contribution in [1.29, 1.82) is 0 Å². The maximum Gasteiger partial charge on any atom is 0.433 e. The Bertz CT molecular complexity index is 523. The fourth-order valence-electron chi connectivity index (χ4n) is 1.64. The molecule has 96 valence electrons. The molecule has 0 unspecified atom stereocenters. The first-order chi connectivity index (χ1) is 8.38. The lowest BCUT2D eigenvalue weighted by molar-refractivity contribution is -0.141. The summed E-state index contributed by atoms with van der Waals surface area (Å²) < 4.78 is 42.3. The first-order valence-electron chi connectivity index (χ1n) is 5.03. The van der Waals surface area contributed by atoms with Crippen LogP contribution in [0.5, 0.6) is 5.88 Å². The third-order valence-electron chi connectivity index (χ3n) is 2.40. The van der Waals surface area contributed by atoms with Crippen molar-refractivity contribution in [2.45, 2.75) is 12.6 Å². The summed E-state index contributed by atoms with van der Waals surface area (Å²) in [5, 5.41) is 8.66. The average Bonchev–Trinajstić information content (AvgIpc) is 2.27. The molecule has 7 heteroatoms. The molecule has 0 saturated carbocycles. The predicted molar refractivity (Wildman–Crippen MR) is 55.0 cm³/mol. The zero-order valence-electron chi connectivity index (χ0n) is 8.99. The lowest BCUT2D eigenvalue weighted by Crippen LogP contribution is -2.14. The molecule has 18 heavy (non-hydrogen) atoms. The van der Waals surface area contributed by atoms with Crippen molar-refractivity contribution in [2.24, 2.45) is 0 Å². The van der Waals surface area contributed by atoms with Gasteiger partial charge in [0.05, 0.1) is 6.61 Å². The van der Waals surface area contributed by atoms with Gasteiger partial charge >= 0.3 is 12.1 Å². The summed E-state index contributed by atoms with van der Waals surface area (Å²) >= 11 is 0. The van der Waals surface area contributed by atoms with E-state index < -0.39 is 17.8 Å². The maximum atomic E-state index is 12.4. The van der Waals surface area contributed by atoms with Crippen LogP contribution in [0.25, 0.3) is 5.57 Å². The Balaban J connectivity index is 2.46. The molecule has 4 nitrogen and oxygen atoms in total. The molecular weight excluding hydrogens is 251 g/mol. The van der Waals surface area contributed by atoms with Gasteiger partial charge < -0.3 is 9.84 Å².